The molecule has 0 spiro atoms. The Bertz CT molecular complexity index is 1520. The van der Waals surface area contributed by atoms with E-state index in [1.165, 1.54) is 4.31 Å². The van der Waals surface area contributed by atoms with Crippen molar-refractivity contribution in [3.63, 3.8) is 0 Å². The SMILES string of the molecule is Cc1c(C(=O)NCCN(C)C)[nH]c2ccc(N(Cc3ccc(Br)cc3)S(=O)(=O)c3ccc(Br)cc3)cc12. The van der Waals surface area contributed by atoms with Crippen LogP contribution in [0.1, 0.15) is 21.6 Å². The number of halogens is 2. The molecular weight excluding hydrogens is 620 g/mol. The molecule has 0 aliphatic heterocycles. The van der Waals surface area contributed by atoms with Crippen LogP contribution < -0.4 is 9.62 Å². The fraction of sp³-hybridized carbons (Fsp3) is 0.222. The Morgan fingerprint density at radius 1 is 0.946 bits per heavy atom. The molecular formula is C27H28Br2N4O3S. The molecule has 0 fully saturated rings. The Morgan fingerprint density at radius 2 is 1.57 bits per heavy atom. The first kappa shape index (κ1) is 27.4. The number of benzene rings is 3. The van der Waals surface area contributed by atoms with Crippen molar-refractivity contribution < 1.29 is 13.2 Å². The summed E-state index contributed by atoms with van der Waals surface area (Å²) in [6, 6.07) is 19.6. The first-order valence-electron chi connectivity index (χ1n) is 11.6. The second-order valence-electron chi connectivity index (χ2n) is 9.01. The Hall–Kier alpha value is -2.66. The van der Waals surface area contributed by atoms with Crippen LogP contribution in [0.2, 0.25) is 0 Å². The minimum atomic E-state index is -3.88. The molecule has 1 amide bonds. The van der Waals surface area contributed by atoms with Crippen molar-refractivity contribution in [2.45, 2.75) is 18.4 Å². The minimum absolute atomic E-state index is 0.151. The molecule has 0 unspecified atom stereocenters. The molecule has 1 aromatic heterocycles. The van der Waals surface area contributed by atoms with Crippen LogP contribution in [0.3, 0.4) is 0 Å². The number of nitrogens with zero attached hydrogens (tertiary/aromatic N) is 2. The third-order valence-electron chi connectivity index (χ3n) is 6.04. The van der Waals surface area contributed by atoms with E-state index >= 15 is 0 Å². The monoisotopic (exact) mass is 646 g/mol. The summed E-state index contributed by atoms with van der Waals surface area (Å²) in [7, 11) is 0.0135. The van der Waals surface area contributed by atoms with Crippen LogP contribution in [0.15, 0.2) is 80.6 Å². The molecule has 0 bridgehead atoms. The number of fused-ring (bicyclic) bond motifs is 1. The lowest BCUT2D eigenvalue weighted by molar-refractivity contribution is 0.0946. The lowest BCUT2D eigenvalue weighted by Crippen LogP contribution is -2.31. The first-order valence-corrected chi connectivity index (χ1v) is 14.7. The van der Waals surface area contributed by atoms with Crippen LogP contribution in [-0.2, 0) is 16.6 Å². The van der Waals surface area contributed by atoms with Gasteiger partial charge in [-0.2, -0.15) is 0 Å². The summed E-state index contributed by atoms with van der Waals surface area (Å²) in [5.74, 6) is -0.189. The summed E-state index contributed by atoms with van der Waals surface area (Å²) in [5.41, 5.74) is 3.37. The van der Waals surface area contributed by atoms with Crippen molar-refractivity contribution in [2.75, 3.05) is 31.5 Å². The van der Waals surface area contributed by atoms with Gasteiger partial charge in [-0.15, -0.1) is 0 Å². The number of aromatic amines is 1. The van der Waals surface area contributed by atoms with Gasteiger partial charge < -0.3 is 15.2 Å². The highest BCUT2D eigenvalue weighted by Gasteiger charge is 2.26. The van der Waals surface area contributed by atoms with Gasteiger partial charge in [0.2, 0.25) is 0 Å². The fourth-order valence-corrected chi connectivity index (χ4v) is 5.96. The van der Waals surface area contributed by atoms with Gasteiger partial charge in [0.05, 0.1) is 17.1 Å². The number of hydrogen-bond acceptors (Lipinski definition) is 4. The van der Waals surface area contributed by atoms with Crippen molar-refractivity contribution in [3.8, 4) is 0 Å². The number of aryl methyl sites for hydroxylation is 1. The number of sulfonamides is 1. The molecule has 4 aromatic rings. The Morgan fingerprint density at radius 3 is 2.19 bits per heavy atom. The number of aromatic nitrogens is 1. The Balaban J connectivity index is 1.75. The molecule has 194 valence electrons. The summed E-state index contributed by atoms with van der Waals surface area (Å²) < 4.78 is 30.8. The highest BCUT2D eigenvalue weighted by Crippen LogP contribution is 2.32. The number of amides is 1. The van der Waals surface area contributed by atoms with Crippen molar-refractivity contribution in [3.05, 3.63) is 92.5 Å². The molecule has 4 rings (SSSR count). The van der Waals surface area contributed by atoms with Crippen molar-refractivity contribution in [2.24, 2.45) is 0 Å². The maximum Gasteiger partial charge on any atom is 0.268 e. The molecule has 2 N–H and O–H groups in total. The van der Waals surface area contributed by atoms with Crippen LogP contribution in [0, 0.1) is 6.92 Å². The predicted molar refractivity (Wildman–Crippen MR) is 156 cm³/mol. The largest absolute Gasteiger partial charge is 0.350 e. The first-order chi connectivity index (χ1) is 17.6. The summed E-state index contributed by atoms with van der Waals surface area (Å²) in [6.07, 6.45) is 0. The van der Waals surface area contributed by atoms with Gasteiger partial charge in [-0.1, -0.05) is 44.0 Å². The molecule has 1 heterocycles. The zero-order chi connectivity index (χ0) is 26.7. The normalized spacial score (nSPS) is 11.7. The van der Waals surface area contributed by atoms with E-state index in [1.807, 2.05) is 62.3 Å². The molecule has 37 heavy (non-hydrogen) atoms. The smallest absolute Gasteiger partial charge is 0.268 e. The van der Waals surface area contributed by atoms with Gasteiger partial charge in [0.25, 0.3) is 15.9 Å². The summed E-state index contributed by atoms with van der Waals surface area (Å²) in [4.78, 5) is 18.2. The zero-order valence-corrected chi connectivity index (χ0v) is 24.7. The number of carbonyl (C=O) groups excluding carboxylic acids is 1. The zero-order valence-electron chi connectivity index (χ0n) is 20.8. The number of rotatable bonds is 9. The second-order valence-corrected chi connectivity index (χ2v) is 12.7. The van der Waals surface area contributed by atoms with E-state index in [0.29, 0.717) is 17.9 Å². The number of H-pyrrole nitrogens is 1. The molecule has 0 atom stereocenters. The summed E-state index contributed by atoms with van der Waals surface area (Å²) in [6.45, 7) is 3.27. The van der Waals surface area contributed by atoms with Crippen LogP contribution in [0.5, 0.6) is 0 Å². The average molecular weight is 648 g/mol. The minimum Gasteiger partial charge on any atom is -0.350 e. The van der Waals surface area contributed by atoms with Gasteiger partial charge >= 0.3 is 0 Å². The van der Waals surface area contributed by atoms with Gasteiger partial charge in [0, 0.05) is 32.9 Å². The van der Waals surface area contributed by atoms with E-state index < -0.39 is 10.0 Å². The Labute approximate surface area is 234 Å². The number of hydrogen-bond donors (Lipinski definition) is 2. The highest BCUT2D eigenvalue weighted by molar-refractivity contribution is 9.10. The van der Waals surface area contributed by atoms with E-state index in [2.05, 4.69) is 42.2 Å². The molecule has 7 nitrogen and oxygen atoms in total. The molecule has 0 radical (unpaired) electrons. The number of anilines is 1. The number of likely N-dealkylation sites (N-methyl/N-ethyl adjacent to an activating group) is 1. The molecule has 10 heteroatoms. The molecule has 3 aromatic carbocycles. The van der Waals surface area contributed by atoms with Crippen LogP contribution in [0.4, 0.5) is 5.69 Å². The van der Waals surface area contributed by atoms with E-state index in [-0.39, 0.29) is 17.3 Å². The van der Waals surface area contributed by atoms with Gasteiger partial charge in [-0.3, -0.25) is 9.10 Å². The van der Waals surface area contributed by atoms with E-state index in [9.17, 15) is 13.2 Å². The molecule has 0 aliphatic carbocycles. The van der Waals surface area contributed by atoms with E-state index in [0.717, 1.165) is 37.5 Å². The van der Waals surface area contributed by atoms with E-state index in [4.69, 9.17) is 0 Å². The highest BCUT2D eigenvalue weighted by atomic mass is 79.9. The standard InChI is InChI=1S/C27H28Br2N4O3S/c1-18-24-16-22(10-13-25(24)31-26(18)27(34)30-14-15-32(2)3)33(17-19-4-6-20(28)7-5-19)37(35,36)23-11-8-21(29)9-12-23/h4-13,16,31H,14-15,17H2,1-3H3,(H,30,34). The van der Waals surface area contributed by atoms with Gasteiger partial charge in [0.15, 0.2) is 0 Å². The van der Waals surface area contributed by atoms with Crippen LogP contribution in [-0.4, -0.2) is 51.4 Å². The van der Waals surface area contributed by atoms with Crippen LogP contribution >= 0.6 is 31.9 Å². The number of nitrogens with one attached hydrogen (secondary N) is 2. The fourth-order valence-electron chi connectivity index (χ4n) is 3.98. The van der Waals surface area contributed by atoms with Crippen molar-refractivity contribution >= 4 is 64.4 Å². The second kappa shape index (κ2) is 11.4. The predicted octanol–water partition coefficient (Wildman–Crippen LogP) is 5.69. The van der Waals surface area contributed by atoms with Gasteiger partial charge in [-0.05, 0) is 86.7 Å². The van der Waals surface area contributed by atoms with Crippen LogP contribution in [0.25, 0.3) is 10.9 Å². The third-order valence-corrected chi connectivity index (χ3v) is 8.89. The van der Waals surface area contributed by atoms with Gasteiger partial charge in [0.1, 0.15) is 5.69 Å². The lowest BCUT2D eigenvalue weighted by Gasteiger charge is -2.25. The van der Waals surface area contributed by atoms with Crippen molar-refractivity contribution in [1.29, 1.82) is 0 Å². The summed E-state index contributed by atoms with van der Waals surface area (Å²) >= 11 is 6.81. The molecule has 0 saturated heterocycles. The van der Waals surface area contributed by atoms with Gasteiger partial charge in [-0.25, -0.2) is 8.42 Å². The van der Waals surface area contributed by atoms with Crippen molar-refractivity contribution in [1.82, 2.24) is 15.2 Å². The maximum atomic E-state index is 13.8. The summed E-state index contributed by atoms with van der Waals surface area (Å²) in [5, 5.41) is 3.72. The lowest BCUT2D eigenvalue weighted by atomic mass is 10.1. The molecule has 0 aliphatic rings. The maximum absolute atomic E-state index is 13.8. The quantitative estimate of drug-likeness (QED) is 0.245. The topological polar surface area (TPSA) is 85.5 Å². The average Bonchev–Trinajstić information content (AvgIpc) is 3.19. The Kier molecular flexibility index (Phi) is 8.42. The third kappa shape index (κ3) is 6.26. The molecule has 0 saturated carbocycles. The number of carbonyl (C=O) groups is 1. The van der Waals surface area contributed by atoms with E-state index in [1.54, 1.807) is 30.3 Å².